The van der Waals surface area contributed by atoms with E-state index in [9.17, 15) is 4.79 Å². The first-order chi connectivity index (χ1) is 5.70. The Morgan fingerprint density at radius 1 is 1.92 bits per heavy atom. The van der Waals surface area contributed by atoms with Crippen LogP contribution in [0.5, 0.6) is 0 Å². The van der Waals surface area contributed by atoms with Gasteiger partial charge in [-0.05, 0) is 6.92 Å². The molecule has 0 unspecified atom stereocenters. The molecule has 3 N–H and O–H groups in total. The van der Waals surface area contributed by atoms with Gasteiger partial charge in [-0.3, -0.25) is 4.79 Å². The highest BCUT2D eigenvalue weighted by Gasteiger charge is 2.07. The lowest BCUT2D eigenvalue weighted by atomic mass is 10.3. The van der Waals surface area contributed by atoms with E-state index in [1.807, 2.05) is 0 Å². The fraction of sp³-hybridized carbons (Fsp3) is 0.429. The number of hydrogen-bond acceptors (Lipinski definition) is 3. The standard InChI is InChI=1S/C7H11N3O2/c1-5(11)7(12)9-3-6-2-8-4-10-6/h2,4-5,11H,3H2,1H3,(H,8,10)(H,9,12)/t5-/m0/s1. The number of nitrogens with zero attached hydrogens (tertiary/aromatic N) is 1. The SMILES string of the molecule is C[C@H](O)C(=O)NCc1cnc[nH]1. The van der Waals surface area contributed by atoms with E-state index in [-0.39, 0.29) is 5.91 Å². The molecule has 0 aliphatic heterocycles. The number of aromatic nitrogens is 2. The lowest BCUT2D eigenvalue weighted by Gasteiger charge is -2.04. The fourth-order valence-electron chi connectivity index (χ4n) is 0.711. The highest BCUT2D eigenvalue weighted by molar-refractivity contribution is 5.79. The molecular weight excluding hydrogens is 158 g/mol. The number of nitrogens with one attached hydrogen (secondary N) is 2. The van der Waals surface area contributed by atoms with E-state index >= 15 is 0 Å². The molecule has 1 amide bonds. The van der Waals surface area contributed by atoms with Gasteiger partial charge in [0.1, 0.15) is 6.10 Å². The highest BCUT2D eigenvalue weighted by atomic mass is 16.3. The lowest BCUT2D eigenvalue weighted by Crippen LogP contribution is -2.32. The van der Waals surface area contributed by atoms with Gasteiger partial charge < -0.3 is 15.4 Å². The first-order valence-electron chi connectivity index (χ1n) is 3.63. The molecule has 0 bridgehead atoms. The van der Waals surface area contributed by atoms with Crippen LogP contribution in [0.1, 0.15) is 12.6 Å². The topological polar surface area (TPSA) is 78.0 Å². The second kappa shape index (κ2) is 3.87. The van der Waals surface area contributed by atoms with Gasteiger partial charge in [0, 0.05) is 6.20 Å². The van der Waals surface area contributed by atoms with Gasteiger partial charge in [-0.2, -0.15) is 0 Å². The van der Waals surface area contributed by atoms with Crippen LogP contribution in [0.2, 0.25) is 0 Å². The van der Waals surface area contributed by atoms with E-state index in [0.717, 1.165) is 5.69 Å². The summed E-state index contributed by atoms with van der Waals surface area (Å²) in [6.45, 7) is 1.78. The van der Waals surface area contributed by atoms with E-state index in [4.69, 9.17) is 5.11 Å². The molecular formula is C7H11N3O2. The van der Waals surface area contributed by atoms with Crippen LogP contribution in [0.4, 0.5) is 0 Å². The van der Waals surface area contributed by atoms with Gasteiger partial charge >= 0.3 is 0 Å². The van der Waals surface area contributed by atoms with Crippen molar-refractivity contribution in [2.75, 3.05) is 0 Å². The number of aromatic amines is 1. The molecule has 0 spiro atoms. The first-order valence-corrected chi connectivity index (χ1v) is 3.63. The minimum absolute atomic E-state index is 0.365. The van der Waals surface area contributed by atoms with Gasteiger partial charge in [0.15, 0.2) is 0 Å². The number of carbonyl (C=O) groups excluding carboxylic acids is 1. The molecule has 0 aromatic carbocycles. The minimum Gasteiger partial charge on any atom is -0.384 e. The van der Waals surface area contributed by atoms with Crippen LogP contribution in [0.25, 0.3) is 0 Å². The van der Waals surface area contributed by atoms with Crippen molar-refractivity contribution in [3.63, 3.8) is 0 Å². The molecule has 1 atom stereocenters. The number of carbonyl (C=O) groups is 1. The van der Waals surface area contributed by atoms with Crippen molar-refractivity contribution in [2.45, 2.75) is 19.6 Å². The van der Waals surface area contributed by atoms with Crippen molar-refractivity contribution in [3.05, 3.63) is 18.2 Å². The third kappa shape index (κ3) is 2.35. The normalized spacial score (nSPS) is 12.5. The molecule has 0 saturated heterocycles. The van der Waals surface area contributed by atoms with Crippen molar-refractivity contribution in [1.29, 1.82) is 0 Å². The van der Waals surface area contributed by atoms with E-state index in [0.29, 0.717) is 6.54 Å². The molecule has 0 saturated carbocycles. The number of H-pyrrole nitrogens is 1. The summed E-state index contributed by atoms with van der Waals surface area (Å²) in [6, 6.07) is 0. The number of imidazole rings is 1. The summed E-state index contributed by atoms with van der Waals surface area (Å²) in [4.78, 5) is 17.4. The van der Waals surface area contributed by atoms with Crippen LogP contribution in [-0.2, 0) is 11.3 Å². The Balaban J connectivity index is 2.32. The summed E-state index contributed by atoms with van der Waals surface area (Å²) in [6.07, 6.45) is 2.18. The Morgan fingerprint density at radius 3 is 3.17 bits per heavy atom. The Morgan fingerprint density at radius 2 is 2.67 bits per heavy atom. The zero-order valence-corrected chi connectivity index (χ0v) is 6.74. The van der Waals surface area contributed by atoms with Gasteiger partial charge in [-0.15, -0.1) is 0 Å². The van der Waals surface area contributed by atoms with E-state index < -0.39 is 6.10 Å². The second-order valence-electron chi connectivity index (χ2n) is 2.47. The van der Waals surface area contributed by atoms with Gasteiger partial charge in [-0.25, -0.2) is 4.98 Å². The predicted molar refractivity (Wildman–Crippen MR) is 42.1 cm³/mol. The molecule has 0 radical (unpaired) electrons. The molecule has 1 rings (SSSR count). The summed E-state index contributed by atoms with van der Waals surface area (Å²) in [5.41, 5.74) is 0.809. The van der Waals surface area contributed by atoms with Crippen molar-refractivity contribution in [3.8, 4) is 0 Å². The van der Waals surface area contributed by atoms with Gasteiger partial charge in [-0.1, -0.05) is 0 Å². The molecule has 1 heterocycles. The second-order valence-corrected chi connectivity index (χ2v) is 2.47. The van der Waals surface area contributed by atoms with Crippen molar-refractivity contribution in [1.82, 2.24) is 15.3 Å². The maximum absolute atomic E-state index is 10.8. The maximum Gasteiger partial charge on any atom is 0.248 e. The highest BCUT2D eigenvalue weighted by Crippen LogP contribution is 1.89. The van der Waals surface area contributed by atoms with Crippen LogP contribution in [-0.4, -0.2) is 27.1 Å². The third-order valence-corrected chi connectivity index (χ3v) is 1.39. The minimum atomic E-state index is -0.965. The summed E-state index contributed by atoms with van der Waals surface area (Å²) < 4.78 is 0. The molecule has 5 nitrogen and oxygen atoms in total. The van der Waals surface area contributed by atoms with E-state index in [2.05, 4.69) is 15.3 Å². The Kier molecular flexibility index (Phi) is 2.82. The van der Waals surface area contributed by atoms with Crippen molar-refractivity contribution < 1.29 is 9.90 Å². The Labute approximate surface area is 69.8 Å². The Hall–Kier alpha value is -1.36. The molecule has 1 aromatic heterocycles. The molecule has 0 aliphatic carbocycles. The molecule has 12 heavy (non-hydrogen) atoms. The molecule has 5 heteroatoms. The predicted octanol–water partition coefficient (Wildman–Crippen LogP) is -0.593. The zero-order valence-electron chi connectivity index (χ0n) is 6.74. The monoisotopic (exact) mass is 169 g/mol. The third-order valence-electron chi connectivity index (χ3n) is 1.39. The Bertz CT molecular complexity index is 243. The van der Waals surface area contributed by atoms with Gasteiger partial charge in [0.25, 0.3) is 0 Å². The largest absolute Gasteiger partial charge is 0.384 e. The summed E-state index contributed by atoms with van der Waals surface area (Å²) in [7, 11) is 0. The summed E-state index contributed by atoms with van der Waals surface area (Å²) in [5.74, 6) is -0.385. The molecule has 0 fully saturated rings. The van der Waals surface area contributed by atoms with Gasteiger partial charge in [0.2, 0.25) is 5.91 Å². The maximum atomic E-state index is 10.8. The number of rotatable bonds is 3. The summed E-state index contributed by atoms with van der Waals surface area (Å²) >= 11 is 0. The smallest absolute Gasteiger partial charge is 0.248 e. The van der Waals surface area contributed by atoms with Crippen LogP contribution in [0.3, 0.4) is 0 Å². The molecule has 1 aromatic rings. The number of aliphatic hydroxyl groups excluding tert-OH is 1. The number of amides is 1. The van der Waals surface area contributed by atoms with Crippen LogP contribution >= 0.6 is 0 Å². The number of hydrogen-bond donors (Lipinski definition) is 3. The number of aliphatic hydroxyl groups is 1. The van der Waals surface area contributed by atoms with Crippen molar-refractivity contribution in [2.24, 2.45) is 0 Å². The first kappa shape index (κ1) is 8.73. The van der Waals surface area contributed by atoms with Crippen LogP contribution < -0.4 is 5.32 Å². The molecule has 0 aliphatic rings. The molecule has 66 valence electrons. The average Bonchev–Trinajstić information content (AvgIpc) is 2.51. The lowest BCUT2D eigenvalue weighted by molar-refractivity contribution is -0.128. The van der Waals surface area contributed by atoms with E-state index in [1.165, 1.54) is 13.3 Å². The average molecular weight is 169 g/mol. The van der Waals surface area contributed by atoms with Crippen molar-refractivity contribution >= 4 is 5.91 Å². The van der Waals surface area contributed by atoms with Crippen LogP contribution in [0, 0.1) is 0 Å². The fourth-order valence-corrected chi connectivity index (χ4v) is 0.711. The van der Waals surface area contributed by atoms with E-state index in [1.54, 1.807) is 6.20 Å². The van der Waals surface area contributed by atoms with Gasteiger partial charge in [0.05, 0.1) is 18.6 Å². The quantitative estimate of drug-likeness (QED) is 0.565. The zero-order chi connectivity index (χ0) is 8.97. The van der Waals surface area contributed by atoms with Crippen LogP contribution in [0.15, 0.2) is 12.5 Å². The summed E-state index contributed by atoms with van der Waals surface area (Å²) in [5, 5.41) is 11.3.